The topological polar surface area (TPSA) is 15.3 Å². The third kappa shape index (κ3) is 6.36. The van der Waals surface area contributed by atoms with Crippen molar-refractivity contribution in [2.45, 2.75) is 44.9 Å². The Hall–Kier alpha value is -1.07. The fourth-order valence-electron chi connectivity index (χ4n) is 3.20. The molecule has 0 saturated carbocycles. The van der Waals surface area contributed by atoms with Crippen molar-refractivity contribution >= 4 is 0 Å². The molecule has 0 radical (unpaired) electrons. The second-order valence-corrected chi connectivity index (χ2v) is 6.36. The summed E-state index contributed by atoms with van der Waals surface area (Å²) in [5, 5.41) is 2.59. The molecule has 1 saturated heterocycles. The zero-order chi connectivity index (χ0) is 16.0. The number of likely N-dealkylation sites (tertiary alicyclic amines) is 1. The van der Waals surface area contributed by atoms with Crippen LogP contribution in [0.15, 0.2) is 30.3 Å². The van der Waals surface area contributed by atoms with Gasteiger partial charge in [0.1, 0.15) is 0 Å². The van der Waals surface area contributed by atoms with Crippen molar-refractivity contribution < 1.29 is 13.2 Å². The van der Waals surface area contributed by atoms with Gasteiger partial charge in [-0.2, -0.15) is 13.2 Å². The van der Waals surface area contributed by atoms with Gasteiger partial charge in [0.05, 0.1) is 6.54 Å². The number of hydrogen-bond acceptors (Lipinski definition) is 2. The molecule has 0 spiro atoms. The Morgan fingerprint density at radius 1 is 1.27 bits per heavy atom. The van der Waals surface area contributed by atoms with Crippen LogP contribution in [-0.4, -0.2) is 36.8 Å². The van der Waals surface area contributed by atoms with Crippen molar-refractivity contribution in [1.29, 1.82) is 0 Å². The molecule has 2 nitrogen and oxygen atoms in total. The third-order valence-corrected chi connectivity index (χ3v) is 4.19. The van der Waals surface area contributed by atoms with E-state index in [-0.39, 0.29) is 6.04 Å². The molecule has 5 heteroatoms. The van der Waals surface area contributed by atoms with Crippen molar-refractivity contribution in [3.8, 4) is 0 Å². The van der Waals surface area contributed by atoms with Gasteiger partial charge in [0.25, 0.3) is 0 Å². The number of rotatable bonds is 6. The highest BCUT2D eigenvalue weighted by molar-refractivity contribution is 5.14. The van der Waals surface area contributed by atoms with Crippen LogP contribution in [-0.2, 0) is 6.54 Å². The van der Waals surface area contributed by atoms with Gasteiger partial charge in [-0.05, 0) is 44.2 Å². The van der Waals surface area contributed by atoms with Crippen LogP contribution in [0.4, 0.5) is 13.2 Å². The second kappa shape index (κ2) is 7.97. The van der Waals surface area contributed by atoms with Gasteiger partial charge in [-0.3, -0.25) is 4.90 Å². The van der Waals surface area contributed by atoms with Crippen LogP contribution >= 0.6 is 0 Å². The molecule has 1 heterocycles. The van der Waals surface area contributed by atoms with E-state index in [0.717, 1.165) is 38.9 Å². The zero-order valence-electron chi connectivity index (χ0n) is 13.1. The summed E-state index contributed by atoms with van der Waals surface area (Å²) in [6.45, 7) is 3.95. The molecule has 2 atom stereocenters. The minimum atomic E-state index is -4.12. The van der Waals surface area contributed by atoms with Crippen molar-refractivity contribution in [2.24, 2.45) is 5.92 Å². The predicted octanol–water partition coefficient (Wildman–Crippen LogP) is 3.83. The van der Waals surface area contributed by atoms with Gasteiger partial charge in [0.15, 0.2) is 0 Å². The van der Waals surface area contributed by atoms with Crippen LogP contribution in [0, 0.1) is 5.92 Å². The third-order valence-electron chi connectivity index (χ3n) is 4.19. The molecule has 0 bridgehead atoms. The van der Waals surface area contributed by atoms with E-state index in [1.165, 1.54) is 5.56 Å². The summed E-state index contributed by atoms with van der Waals surface area (Å²) in [5.41, 5.74) is 1.30. The van der Waals surface area contributed by atoms with E-state index in [1.807, 2.05) is 25.1 Å². The summed E-state index contributed by atoms with van der Waals surface area (Å²) >= 11 is 0. The Balaban J connectivity index is 1.75. The summed E-state index contributed by atoms with van der Waals surface area (Å²) < 4.78 is 36.7. The molecule has 1 aliphatic rings. The van der Waals surface area contributed by atoms with Gasteiger partial charge < -0.3 is 5.32 Å². The van der Waals surface area contributed by atoms with Crippen LogP contribution < -0.4 is 5.32 Å². The SMILES string of the molecule is CC(CC1CCCN(Cc2ccccc2)C1)NCC(F)(F)F. The molecule has 1 aliphatic heterocycles. The molecule has 0 aliphatic carbocycles. The molecule has 2 unspecified atom stereocenters. The van der Waals surface area contributed by atoms with E-state index < -0.39 is 12.7 Å². The fourth-order valence-corrected chi connectivity index (χ4v) is 3.20. The first-order chi connectivity index (χ1) is 10.4. The molecule has 1 fully saturated rings. The number of benzene rings is 1. The summed E-state index contributed by atoms with van der Waals surface area (Å²) in [5.74, 6) is 0.480. The lowest BCUT2D eigenvalue weighted by Gasteiger charge is -2.34. The number of hydrogen-bond donors (Lipinski definition) is 1. The first kappa shape index (κ1) is 17.3. The number of nitrogens with zero attached hydrogens (tertiary/aromatic N) is 1. The first-order valence-electron chi connectivity index (χ1n) is 7.99. The maximum absolute atomic E-state index is 12.2. The van der Waals surface area contributed by atoms with Crippen LogP contribution in [0.3, 0.4) is 0 Å². The minimum Gasteiger partial charge on any atom is -0.306 e. The lowest BCUT2D eigenvalue weighted by molar-refractivity contribution is -0.126. The van der Waals surface area contributed by atoms with Crippen LogP contribution in [0.5, 0.6) is 0 Å². The molecular formula is C17H25F3N2. The van der Waals surface area contributed by atoms with Gasteiger partial charge in [-0.1, -0.05) is 30.3 Å². The van der Waals surface area contributed by atoms with E-state index in [2.05, 4.69) is 22.3 Å². The average Bonchev–Trinajstić information content (AvgIpc) is 2.46. The van der Waals surface area contributed by atoms with E-state index >= 15 is 0 Å². The first-order valence-corrected chi connectivity index (χ1v) is 7.99. The fraction of sp³-hybridized carbons (Fsp3) is 0.647. The normalized spacial score (nSPS) is 21.7. The summed E-state index contributed by atoms with van der Waals surface area (Å²) in [4.78, 5) is 2.42. The predicted molar refractivity (Wildman–Crippen MR) is 82.6 cm³/mol. The summed E-state index contributed by atoms with van der Waals surface area (Å²) in [6.07, 6.45) is -1.08. The van der Waals surface area contributed by atoms with E-state index in [0.29, 0.717) is 5.92 Å². The number of halogens is 3. The monoisotopic (exact) mass is 314 g/mol. The lowest BCUT2D eigenvalue weighted by Crippen LogP contribution is -2.40. The Morgan fingerprint density at radius 2 is 2.00 bits per heavy atom. The van der Waals surface area contributed by atoms with E-state index in [9.17, 15) is 13.2 Å². The summed E-state index contributed by atoms with van der Waals surface area (Å²) in [6, 6.07) is 10.2. The van der Waals surface area contributed by atoms with Crippen LogP contribution in [0.1, 0.15) is 31.7 Å². The maximum Gasteiger partial charge on any atom is 0.401 e. The van der Waals surface area contributed by atoms with Gasteiger partial charge in [-0.25, -0.2) is 0 Å². The van der Waals surface area contributed by atoms with E-state index in [4.69, 9.17) is 0 Å². The quantitative estimate of drug-likeness (QED) is 0.858. The molecule has 22 heavy (non-hydrogen) atoms. The molecule has 0 aromatic heterocycles. The van der Waals surface area contributed by atoms with Crippen molar-refractivity contribution in [1.82, 2.24) is 10.2 Å². The highest BCUT2D eigenvalue weighted by atomic mass is 19.4. The Bertz CT molecular complexity index is 433. The molecular weight excluding hydrogens is 289 g/mol. The largest absolute Gasteiger partial charge is 0.401 e. The standard InChI is InChI=1S/C17H25F3N2/c1-14(21-13-17(18,19)20)10-16-8-5-9-22(12-16)11-15-6-3-2-4-7-15/h2-4,6-7,14,16,21H,5,8-13H2,1H3. The number of alkyl halides is 3. The lowest BCUT2D eigenvalue weighted by atomic mass is 9.91. The molecule has 0 amide bonds. The summed E-state index contributed by atoms with van der Waals surface area (Å²) in [7, 11) is 0. The Morgan fingerprint density at radius 3 is 2.68 bits per heavy atom. The highest BCUT2D eigenvalue weighted by Crippen LogP contribution is 2.23. The Labute approximate surface area is 130 Å². The van der Waals surface area contributed by atoms with Gasteiger partial charge >= 0.3 is 6.18 Å². The smallest absolute Gasteiger partial charge is 0.306 e. The second-order valence-electron chi connectivity index (χ2n) is 6.36. The molecule has 2 rings (SSSR count). The van der Waals surface area contributed by atoms with E-state index in [1.54, 1.807) is 0 Å². The number of piperidine rings is 1. The highest BCUT2D eigenvalue weighted by Gasteiger charge is 2.28. The Kier molecular flexibility index (Phi) is 6.26. The zero-order valence-corrected chi connectivity index (χ0v) is 13.1. The van der Waals surface area contributed by atoms with Crippen molar-refractivity contribution in [3.05, 3.63) is 35.9 Å². The number of nitrogens with one attached hydrogen (secondary N) is 1. The molecule has 1 N–H and O–H groups in total. The maximum atomic E-state index is 12.2. The molecule has 124 valence electrons. The van der Waals surface area contributed by atoms with Crippen molar-refractivity contribution in [3.63, 3.8) is 0 Å². The van der Waals surface area contributed by atoms with Gasteiger partial charge in [0.2, 0.25) is 0 Å². The van der Waals surface area contributed by atoms with Crippen LogP contribution in [0.2, 0.25) is 0 Å². The van der Waals surface area contributed by atoms with Crippen LogP contribution in [0.25, 0.3) is 0 Å². The molecule has 1 aromatic rings. The molecule has 1 aromatic carbocycles. The van der Waals surface area contributed by atoms with Gasteiger partial charge in [0, 0.05) is 19.1 Å². The average molecular weight is 314 g/mol. The van der Waals surface area contributed by atoms with Crippen molar-refractivity contribution in [2.75, 3.05) is 19.6 Å². The van der Waals surface area contributed by atoms with Gasteiger partial charge in [-0.15, -0.1) is 0 Å². The minimum absolute atomic E-state index is 0.0942.